The van der Waals surface area contributed by atoms with Gasteiger partial charge in [0.1, 0.15) is 11.6 Å². The van der Waals surface area contributed by atoms with E-state index in [0.29, 0.717) is 35.6 Å². The third kappa shape index (κ3) is 4.25. The zero-order valence-corrected chi connectivity index (χ0v) is 17.3. The van der Waals surface area contributed by atoms with Crippen LogP contribution in [0.3, 0.4) is 0 Å². The van der Waals surface area contributed by atoms with E-state index in [2.05, 4.69) is 35.7 Å². The summed E-state index contributed by atoms with van der Waals surface area (Å²) in [6.45, 7) is 5.39. The van der Waals surface area contributed by atoms with Crippen molar-refractivity contribution in [3.8, 4) is 0 Å². The summed E-state index contributed by atoms with van der Waals surface area (Å²) in [4.78, 5) is 23.4. The van der Waals surface area contributed by atoms with Crippen molar-refractivity contribution in [2.45, 2.75) is 6.54 Å². The van der Waals surface area contributed by atoms with Crippen LogP contribution in [0.15, 0.2) is 41.3 Å². The Morgan fingerprint density at radius 3 is 2.84 bits per heavy atom. The number of H-pyrrole nitrogens is 1. The molecule has 1 aliphatic rings. The van der Waals surface area contributed by atoms with Crippen LogP contribution in [0, 0.1) is 5.82 Å². The van der Waals surface area contributed by atoms with Crippen molar-refractivity contribution in [1.29, 1.82) is 0 Å². The van der Waals surface area contributed by atoms with Crippen LogP contribution in [0.25, 0.3) is 16.7 Å². The second kappa shape index (κ2) is 8.89. The van der Waals surface area contributed by atoms with E-state index in [4.69, 9.17) is 4.74 Å². The van der Waals surface area contributed by atoms with Gasteiger partial charge >= 0.3 is 5.69 Å². The van der Waals surface area contributed by atoms with Gasteiger partial charge in [-0.3, -0.25) is 4.90 Å². The summed E-state index contributed by atoms with van der Waals surface area (Å²) < 4.78 is 20.4. The van der Waals surface area contributed by atoms with Crippen molar-refractivity contribution in [2.24, 2.45) is 0 Å². The van der Waals surface area contributed by atoms with Crippen molar-refractivity contribution in [3.63, 3.8) is 0 Å². The smallest absolute Gasteiger partial charge is 0.348 e. The van der Waals surface area contributed by atoms with Crippen LogP contribution in [-0.2, 0) is 11.3 Å². The largest absolute Gasteiger partial charge is 0.379 e. The predicted octanol–water partition coefficient (Wildman–Crippen LogP) is 1.46. The van der Waals surface area contributed by atoms with Crippen molar-refractivity contribution >= 4 is 28.3 Å². The molecule has 0 aliphatic carbocycles. The zero-order chi connectivity index (χ0) is 21.9. The summed E-state index contributed by atoms with van der Waals surface area (Å²) >= 11 is 0. The van der Waals surface area contributed by atoms with Crippen LogP contribution < -0.4 is 16.3 Å². The SMILES string of the molecule is O=c1[nH]nc2c(NCCNc3cc(CN4CCOCC4)ccn3)nc3ccc(F)cc3n12. The second-order valence-electron chi connectivity index (χ2n) is 7.57. The topological polar surface area (TPSA) is 112 Å². The van der Waals surface area contributed by atoms with E-state index in [0.717, 1.165) is 38.7 Å². The minimum Gasteiger partial charge on any atom is -0.379 e. The van der Waals surface area contributed by atoms with Gasteiger partial charge in [-0.15, -0.1) is 5.10 Å². The van der Waals surface area contributed by atoms with E-state index < -0.39 is 11.5 Å². The summed E-state index contributed by atoms with van der Waals surface area (Å²) in [6, 6.07) is 8.19. The molecule has 0 unspecified atom stereocenters. The number of fused-ring (bicyclic) bond motifs is 3. The quantitative estimate of drug-likeness (QED) is 0.372. The monoisotopic (exact) mass is 438 g/mol. The highest BCUT2D eigenvalue weighted by molar-refractivity contribution is 5.82. The molecule has 1 aliphatic heterocycles. The van der Waals surface area contributed by atoms with E-state index in [1.165, 1.54) is 28.2 Å². The first-order valence-electron chi connectivity index (χ1n) is 10.5. The lowest BCUT2D eigenvalue weighted by Crippen LogP contribution is -2.35. The average Bonchev–Trinajstić information content (AvgIpc) is 3.20. The Labute approximate surface area is 182 Å². The van der Waals surface area contributed by atoms with Crippen LogP contribution >= 0.6 is 0 Å². The molecule has 3 N–H and O–H groups in total. The molecule has 0 bridgehead atoms. The number of aromatic nitrogens is 5. The van der Waals surface area contributed by atoms with E-state index in [9.17, 15) is 9.18 Å². The molecule has 4 heterocycles. The maximum Gasteiger partial charge on any atom is 0.348 e. The molecule has 3 aromatic heterocycles. The lowest BCUT2D eigenvalue weighted by Gasteiger charge is -2.26. The Bertz CT molecular complexity index is 1300. The molecule has 0 spiro atoms. The Morgan fingerprint density at radius 2 is 1.97 bits per heavy atom. The minimum atomic E-state index is -0.444. The number of anilines is 2. The van der Waals surface area contributed by atoms with Gasteiger partial charge in [-0.25, -0.2) is 28.7 Å². The molecular formula is C21H23FN8O2. The molecular weight excluding hydrogens is 415 g/mol. The number of rotatable bonds is 7. The highest BCUT2D eigenvalue weighted by Crippen LogP contribution is 2.19. The summed E-state index contributed by atoms with van der Waals surface area (Å²) in [5.74, 6) is 0.792. The van der Waals surface area contributed by atoms with Gasteiger partial charge in [0, 0.05) is 45.0 Å². The van der Waals surface area contributed by atoms with Gasteiger partial charge in [0.15, 0.2) is 5.82 Å². The molecule has 166 valence electrons. The van der Waals surface area contributed by atoms with Gasteiger partial charge in [-0.1, -0.05) is 0 Å². The fourth-order valence-electron chi connectivity index (χ4n) is 3.80. The fourth-order valence-corrected chi connectivity index (χ4v) is 3.80. The molecule has 10 nitrogen and oxygen atoms in total. The summed E-state index contributed by atoms with van der Waals surface area (Å²) in [5.41, 5.74) is 1.93. The van der Waals surface area contributed by atoms with Crippen molar-refractivity contribution in [1.82, 2.24) is 29.5 Å². The van der Waals surface area contributed by atoms with Crippen LogP contribution in [0.2, 0.25) is 0 Å². The van der Waals surface area contributed by atoms with E-state index in [-0.39, 0.29) is 0 Å². The molecule has 0 radical (unpaired) electrons. The molecule has 32 heavy (non-hydrogen) atoms. The van der Waals surface area contributed by atoms with Gasteiger partial charge in [0.25, 0.3) is 0 Å². The van der Waals surface area contributed by atoms with Gasteiger partial charge in [-0.05, 0) is 29.8 Å². The van der Waals surface area contributed by atoms with Crippen molar-refractivity contribution < 1.29 is 9.13 Å². The van der Waals surface area contributed by atoms with Gasteiger partial charge in [0.2, 0.25) is 5.65 Å². The highest BCUT2D eigenvalue weighted by Gasteiger charge is 2.13. The van der Waals surface area contributed by atoms with Crippen LogP contribution in [0.4, 0.5) is 16.0 Å². The van der Waals surface area contributed by atoms with Crippen LogP contribution in [0.1, 0.15) is 5.56 Å². The fraction of sp³-hybridized carbons (Fsp3) is 0.333. The first kappa shape index (κ1) is 20.3. The predicted molar refractivity (Wildman–Crippen MR) is 118 cm³/mol. The number of benzene rings is 1. The second-order valence-corrected chi connectivity index (χ2v) is 7.57. The number of halogens is 1. The molecule has 0 amide bonds. The van der Waals surface area contributed by atoms with Crippen molar-refractivity contribution in [3.05, 3.63) is 58.4 Å². The molecule has 0 saturated carbocycles. The number of nitrogens with zero attached hydrogens (tertiary/aromatic N) is 5. The summed E-state index contributed by atoms with van der Waals surface area (Å²) in [6.07, 6.45) is 1.80. The van der Waals surface area contributed by atoms with Crippen LogP contribution in [-0.4, -0.2) is 68.9 Å². The Morgan fingerprint density at radius 1 is 1.12 bits per heavy atom. The Kier molecular flexibility index (Phi) is 5.65. The van der Waals surface area contributed by atoms with E-state index in [1.807, 2.05) is 12.1 Å². The lowest BCUT2D eigenvalue weighted by molar-refractivity contribution is 0.0342. The molecule has 5 rings (SSSR count). The molecule has 4 aromatic rings. The average molecular weight is 438 g/mol. The summed E-state index contributed by atoms with van der Waals surface area (Å²) in [5, 5.41) is 12.9. The maximum atomic E-state index is 13.7. The number of morpholine rings is 1. The first-order valence-corrected chi connectivity index (χ1v) is 10.5. The third-order valence-corrected chi connectivity index (χ3v) is 5.35. The van der Waals surface area contributed by atoms with Crippen LogP contribution in [0.5, 0.6) is 0 Å². The maximum absolute atomic E-state index is 13.7. The van der Waals surface area contributed by atoms with E-state index in [1.54, 1.807) is 6.20 Å². The first-order chi connectivity index (χ1) is 15.7. The molecule has 11 heteroatoms. The Balaban J connectivity index is 1.24. The molecule has 1 aromatic carbocycles. The lowest BCUT2D eigenvalue weighted by atomic mass is 10.2. The molecule has 1 saturated heterocycles. The summed E-state index contributed by atoms with van der Waals surface area (Å²) in [7, 11) is 0. The zero-order valence-electron chi connectivity index (χ0n) is 17.3. The standard InChI is InChI=1S/C21H23FN8O2/c22-15-1-2-16-17(12-15)30-20(27-28-21(30)31)19(26-16)25-6-5-24-18-11-14(3-4-23-18)13-29-7-9-32-10-8-29/h1-4,11-12H,5-10,13H2,(H,23,24)(H,25,26)(H,28,31). The van der Waals surface area contributed by atoms with Gasteiger partial charge < -0.3 is 15.4 Å². The molecule has 1 fully saturated rings. The highest BCUT2D eigenvalue weighted by atomic mass is 19.1. The van der Waals surface area contributed by atoms with Gasteiger partial charge in [0.05, 0.1) is 24.2 Å². The number of aromatic amines is 1. The minimum absolute atomic E-state index is 0.318. The number of hydrogen-bond acceptors (Lipinski definition) is 8. The number of pyridine rings is 1. The number of hydrogen-bond donors (Lipinski definition) is 3. The Hall–Kier alpha value is -3.57. The molecule has 0 atom stereocenters. The van der Waals surface area contributed by atoms with Crippen molar-refractivity contribution in [2.75, 3.05) is 50.0 Å². The number of ether oxygens (including phenoxy) is 1. The number of nitrogens with one attached hydrogen (secondary N) is 3. The van der Waals surface area contributed by atoms with E-state index >= 15 is 0 Å². The van der Waals surface area contributed by atoms with Gasteiger partial charge in [-0.2, -0.15) is 0 Å². The normalized spacial score (nSPS) is 14.8. The third-order valence-electron chi connectivity index (χ3n) is 5.35.